The molecule has 0 bridgehead atoms. The van der Waals surface area contributed by atoms with E-state index in [1.807, 2.05) is 47.5 Å². The molecule has 6 heteroatoms. The molecule has 0 spiro atoms. The maximum absolute atomic E-state index is 12.5. The van der Waals surface area contributed by atoms with Crippen molar-refractivity contribution in [3.8, 4) is 5.75 Å². The zero-order chi connectivity index (χ0) is 16.8. The van der Waals surface area contributed by atoms with E-state index in [-0.39, 0.29) is 18.3 Å². The maximum Gasteiger partial charge on any atom is 0.253 e. The third-order valence-electron chi connectivity index (χ3n) is 4.41. The van der Waals surface area contributed by atoms with Gasteiger partial charge in [0.25, 0.3) is 5.91 Å². The quantitative estimate of drug-likeness (QED) is 0.693. The van der Waals surface area contributed by atoms with Crippen molar-refractivity contribution in [1.82, 2.24) is 14.8 Å². The number of halogens is 1. The van der Waals surface area contributed by atoms with Crippen LogP contribution < -0.4 is 17.1 Å². The Hall–Kier alpha value is -2.11. The van der Waals surface area contributed by atoms with Gasteiger partial charge in [-0.15, -0.1) is 0 Å². The van der Waals surface area contributed by atoms with Crippen LogP contribution in [0.25, 0.3) is 0 Å². The molecule has 1 aliphatic rings. The lowest BCUT2D eigenvalue weighted by atomic mass is 10.1. The monoisotopic (exact) mass is 360 g/mol. The summed E-state index contributed by atoms with van der Waals surface area (Å²) in [4.78, 5) is 21.2. The average molecular weight is 361 g/mol. The van der Waals surface area contributed by atoms with Crippen molar-refractivity contribution in [2.45, 2.75) is 6.42 Å². The molecular formula is C19H23ClN3O2-. The Labute approximate surface area is 155 Å². The highest BCUT2D eigenvalue weighted by Gasteiger charge is 2.21. The Balaban J connectivity index is 0.00000225. The highest BCUT2D eigenvalue weighted by atomic mass is 35.5. The second-order valence-electron chi connectivity index (χ2n) is 5.93. The summed E-state index contributed by atoms with van der Waals surface area (Å²) in [7, 11) is 1.63. The van der Waals surface area contributed by atoms with Gasteiger partial charge in [-0.3, -0.25) is 14.7 Å². The standard InChI is InChI=1S/C19H23N3O2.ClH/c1-24-18-7-5-16(6-8-18)19(23)22-14-12-21(13-15-22)11-9-17-4-2-3-10-20-17;/h2-8,10H,9,11-15H2,1H3;1H/p-1. The van der Waals surface area contributed by atoms with E-state index in [0.29, 0.717) is 0 Å². The summed E-state index contributed by atoms with van der Waals surface area (Å²) in [6, 6.07) is 13.3. The number of rotatable bonds is 5. The Kier molecular flexibility index (Phi) is 7.22. The Bertz CT molecular complexity index is 656. The molecule has 1 saturated heterocycles. The second-order valence-corrected chi connectivity index (χ2v) is 5.93. The molecule has 5 nitrogen and oxygen atoms in total. The Morgan fingerprint density at radius 3 is 2.40 bits per heavy atom. The van der Waals surface area contributed by atoms with Crippen LogP contribution in [0.2, 0.25) is 0 Å². The summed E-state index contributed by atoms with van der Waals surface area (Å²) >= 11 is 0. The van der Waals surface area contributed by atoms with Crippen LogP contribution in [-0.2, 0) is 6.42 Å². The molecule has 0 saturated carbocycles. The molecule has 134 valence electrons. The van der Waals surface area contributed by atoms with Crippen LogP contribution in [0.1, 0.15) is 16.1 Å². The summed E-state index contributed by atoms with van der Waals surface area (Å²) < 4.78 is 5.14. The third-order valence-corrected chi connectivity index (χ3v) is 4.41. The fourth-order valence-corrected chi connectivity index (χ4v) is 2.91. The SMILES string of the molecule is COc1ccc(C(=O)N2CCN(CCc3ccccn3)CC2)cc1.[Cl-]. The van der Waals surface area contributed by atoms with Gasteiger partial charge < -0.3 is 22.0 Å². The van der Waals surface area contributed by atoms with Crippen LogP contribution in [0.4, 0.5) is 0 Å². The number of methoxy groups -OCH3 is 1. The van der Waals surface area contributed by atoms with Crippen LogP contribution in [0, 0.1) is 0 Å². The van der Waals surface area contributed by atoms with Gasteiger partial charge in [-0.2, -0.15) is 0 Å². The van der Waals surface area contributed by atoms with Crippen molar-refractivity contribution in [2.24, 2.45) is 0 Å². The molecule has 1 aromatic carbocycles. The molecule has 0 aliphatic carbocycles. The number of carbonyl (C=O) groups excluding carboxylic acids is 1. The summed E-state index contributed by atoms with van der Waals surface area (Å²) in [5.74, 6) is 0.868. The molecule has 0 atom stereocenters. The first-order valence-electron chi connectivity index (χ1n) is 8.32. The topological polar surface area (TPSA) is 45.7 Å². The number of nitrogens with zero attached hydrogens (tertiary/aromatic N) is 3. The molecular weight excluding hydrogens is 338 g/mol. The number of ether oxygens (including phenoxy) is 1. The summed E-state index contributed by atoms with van der Waals surface area (Å²) in [6.45, 7) is 4.35. The van der Waals surface area contributed by atoms with Crippen molar-refractivity contribution in [1.29, 1.82) is 0 Å². The van der Waals surface area contributed by atoms with Gasteiger partial charge in [0.15, 0.2) is 0 Å². The molecule has 2 aromatic rings. The van der Waals surface area contributed by atoms with Crippen LogP contribution in [0.3, 0.4) is 0 Å². The number of aromatic nitrogens is 1. The number of hydrogen-bond acceptors (Lipinski definition) is 4. The summed E-state index contributed by atoms with van der Waals surface area (Å²) in [6.07, 6.45) is 2.79. The van der Waals surface area contributed by atoms with Crippen LogP contribution in [0.5, 0.6) is 5.75 Å². The fourth-order valence-electron chi connectivity index (χ4n) is 2.91. The highest BCUT2D eigenvalue weighted by molar-refractivity contribution is 5.94. The first-order chi connectivity index (χ1) is 11.8. The van der Waals surface area contributed by atoms with Gasteiger partial charge in [0.2, 0.25) is 0 Å². The minimum absolute atomic E-state index is 0. The van der Waals surface area contributed by atoms with Crippen molar-refractivity contribution in [3.05, 3.63) is 59.9 Å². The summed E-state index contributed by atoms with van der Waals surface area (Å²) in [5.41, 5.74) is 1.84. The van der Waals surface area contributed by atoms with Gasteiger partial charge in [0, 0.05) is 56.6 Å². The largest absolute Gasteiger partial charge is 1.00 e. The van der Waals surface area contributed by atoms with Gasteiger partial charge in [-0.05, 0) is 36.4 Å². The molecule has 25 heavy (non-hydrogen) atoms. The lowest BCUT2D eigenvalue weighted by Gasteiger charge is -2.34. The predicted molar refractivity (Wildman–Crippen MR) is 93.3 cm³/mol. The van der Waals surface area contributed by atoms with Gasteiger partial charge >= 0.3 is 0 Å². The van der Waals surface area contributed by atoms with Gasteiger partial charge in [-0.1, -0.05) is 6.07 Å². The van der Waals surface area contributed by atoms with Crippen LogP contribution in [0.15, 0.2) is 48.7 Å². The zero-order valence-electron chi connectivity index (χ0n) is 14.4. The summed E-state index contributed by atoms with van der Waals surface area (Å²) in [5, 5.41) is 0. The van der Waals surface area contributed by atoms with E-state index in [1.165, 1.54) is 0 Å². The lowest BCUT2D eigenvalue weighted by molar-refractivity contribution is -0.0000158. The van der Waals surface area contributed by atoms with Crippen molar-refractivity contribution in [3.63, 3.8) is 0 Å². The molecule has 0 radical (unpaired) electrons. The number of carbonyl (C=O) groups is 1. The Morgan fingerprint density at radius 1 is 1.08 bits per heavy atom. The van der Waals surface area contributed by atoms with E-state index in [2.05, 4.69) is 16.0 Å². The van der Waals surface area contributed by atoms with Crippen LogP contribution in [-0.4, -0.2) is 60.5 Å². The van der Waals surface area contributed by atoms with E-state index in [9.17, 15) is 4.79 Å². The number of pyridine rings is 1. The van der Waals surface area contributed by atoms with E-state index in [1.54, 1.807) is 7.11 Å². The minimum Gasteiger partial charge on any atom is -1.00 e. The van der Waals surface area contributed by atoms with Gasteiger partial charge in [0.1, 0.15) is 5.75 Å². The first-order valence-corrected chi connectivity index (χ1v) is 8.32. The van der Waals surface area contributed by atoms with E-state index in [4.69, 9.17) is 4.74 Å². The maximum atomic E-state index is 12.5. The molecule has 3 rings (SSSR count). The smallest absolute Gasteiger partial charge is 0.253 e. The Morgan fingerprint density at radius 2 is 1.80 bits per heavy atom. The number of benzene rings is 1. The minimum atomic E-state index is 0. The van der Waals surface area contributed by atoms with Crippen molar-refractivity contribution < 1.29 is 21.9 Å². The second kappa shape index (κ2) is 9.39. The molecule has 1 amide bonds. The zero-order valence-corrected chi connectivity index (χ0v) is 15.2. The normalized spacial score (nSPS) is 14.7. The molecule has 1 fully saturated rings. The lowest BCUT2D eigenvalue weighted by Crippen LogP contribution is -3.00. The first kappa shape index (κ1) is 19.2. The average Bonchev–Trinajstić information content (AvgIpc) is 2.67. The molecule has 1 aliphatic heterocycles. The number of amides is 1. The van der Waals surface area contributed by atoms with E-state index in [0.717, 1.165) is 56.2 Å². The van der Waals surface area contributed by atoms with Crippen LogP contribution >= 0.6 is 0 Å². The van der Waals surface area contributed by atoms with Gasteiger partial charge in [0.05, 0.1) is 7.11 Å². The predicted octanol–water partition coefficient (Wildman–Crippen LogP) is -0.905. The number of hydrogen-bond donors (Lipinski definition) is 0. The van der Waals surface area contributed by atoms with E-state index < -0.39 is 0 Å². The third kappa shape index (κ3) is 5.18. The van der Waals surface area contributed by atoms with Gasteiger partial charge in [-0.25, -0.2) is 0 Å². The molecule has 1 aromatic heterocycles. The van der Waals surface area contributed by atoms with Crippen molar-refractivity contribution in [2.75, 3.05) is 39.8 Å². The fraction of sp³-hybridized carbons (Fsp3) is 0.368. The molecule has 2 heterocycles. The van der Waals surface area contributed by atoms with E-state index >= 15 is 0 Å². The van der Waals surface area contributed by atoms with Crippen molar-refractivity contribution >= 4 is 5.91 Å². The number of piperazine rings is 1. The highest BCUT2D eigenvalue weighted by Crippen LogP contribution is 2.14. The molecule has 0 N–H and O–H groups in total. The molecule has 0 unspecified atom stereocenters.